The molecule has 20 heavy (non-hydrogen) atoms. The van der Waals surface area contributed by atoms with Crippen molar-refractivity contribution in [2.45, 2.75) is 37.8 Å². The van der Waals surface area contributed by atoms with E-state index in [2.05, 4.69) is 41.1 Å². The molecule has 1 spiro atoms. The number of hydrogen-bond donors (Lipinski definition) is 1. The molecule has 2 fully saturated rings. The van der Waals surface area contributed by atoms with Crippen molar-refractivity contribution in [1.29, 1.82) is 0 Å². The summed E-state index contributed by atoms with van der Waals surface area (Å²) in [5.41, 5.74) is 8.93. The van der Waals surface area contributed by atoms with Gasteiger partial charge in [-0.05, 0) is 42.9 Å². The summed E-state index contributed by atoms with van der Waals surface area (Å²) in [6, 6.07) is 6.49. The average molecular weight is 340 g/mol. The second-order valence-corrected chi connectivity index (χ2v) is 6.99. The van der Waals surface area contributed by atoms with Crippen LogP contribution in [0.15, 0.2) is 22.7 Å². The van der Waals surface area contributed by atoms with E-state index >= 15 is 0 Å². The Hall–Kier alpha value is -0.420. The molecular formula is C16H22BrNO2. The van der Waals surface area contributed by atoms with Crippen LogP contribution in [-0.4, -0.2) is 25.4 Å². The van der Waals surface area contributed by atoms with E-state index in [1.807, 2.05) is 0 Å². The van der Waals surface area contributed by atoms with Crippen molar-refractivity contribution in [1.82, 2.24) is 0 Å². The van der Waals surface area contributed by atoms with Crippen molar-refractivity contribution in [3.05, 3.63) is 33.8 Å². The smallest absolute Gasteiger partial charge is 0.0940 e. The Kier molecular flexibility index (Phi) is 4.18. The van der Waals surface area contributed by atoms with Crippen LogP contribution in [-0.2, 0) is 9.47 Å². The van der Waals surface area contributed by atoms with Crippen LogP contribution >= 0.6 is 15.9 Å². The van der Waals surface area contributed by atoms with Gasteiger partial charge in [-0.2, -0.15) is 0 Å². The molecule has 0 radical (unpaired) electrons. The zero-order chi connectivity index (χ0) is 14.2. The van der Waals surface area contributed by atoms with Gasteiger partial charge in [-0.1, -0.05) is 28.1 Å². The van der Waals surface area contributed by atoms with Gasteiger partial charge in [-0.25, -0.2) is 0 Å². The second kappa shape index (κ2) is 5.76. The van der Waals surface area contributed by atoms with E-state index in [1.165, 1.54) is 11.1 Å². The molecule has 1 aromatic rings. The summed E-state index contributed by atoms with van der Waals surface area (Å²) in [5, 5.41) is 0. The quantitative estimate of drug-likeness (QED) is 0.898. The van der Waals surface area contributed by atoms with Crippen LogP contribution in [0.2, 0.25) is 0 Å². The van der Waals surface area contributed by atoms with Gasteiger partial charge in [0, 0.05) is 30.1 Å². The molecule has 0 aromatic heterocycles. The number of ether oxygens (including phenoxy) is 2. The first-order valence-corrected chi connectivity index (χ1v) is 8.12. The maximum atomic E-state index is 6.55. The lowest BCUT2D eigenvalue weighted by Crippen LogP contribution is -2.43. The van der Waals surface area contributed by atoms with Crippen LogP contribution in [0.4, 0.5) is 0 Å². The number of benzene rings is 1. The van der Waals surface area contributed by atoms with Crippen molar-refractivity contribution in [2.24, 2.45) is 11.7 Å². The fourth-order valence-electron chi connectivity index (χ4n) is 3.39. The number of rotatable bonds is 2. The summed E-state index contributed by atoms with van der Waals surface area (Å²) in [6.45, 7) is 4.44. The summed E-state index contributed by atoms with van der Waals surface area (Å²) in [4.78, 5) is 0. The van der Waals surface area contributed by atoms with Gasteiger partial charge in [0.1, 0.15) is 0 Å². The number of halogens is 1. The minimum absolute atomic E-state index is 0.0614. The van der Waals surface area contributed by atoms with Gasteiger partial charge in [0.2, 0.25) is 0 Å². The minimum atomic E-state index is -0.0717. The summed E-state index contributed by atoms with van der Waals surface area (Å²) in [5.74, 6) is 0.462. The third-order valence-corrected chi connectivity index (χ3v) is 5.31. The fourth-order valence-corrected chi connectivity index (χ4v) is 4.15. The number of hydrogen-bond acceptors (Lipinski definition) is 3. The largest absolute Gasteiger partial charge is 0.378 e. The highest BCUT2D eigenvalue weighted by Gasteiger charge is 2.42. The first kappa shape index (κ1) is 14.5. The van der Waals surface area contributed by atoms with Crippen molar-refractivity contribution in [2.75, 3.05) is 19.8 Å². The molecule has 2 heterocycles. The molecule has 2 N–H and O–H groups in total. The van der Waals surface area contributed by atoms with Crippen molar-refractivity contribution < 1.29 is 9.47 Å². The minimum Gasteiger partial charge on any atom is -0.378 e. The zero-order valence-electron chi connectivity index (χ0n) is 11.9. The summed E-state index contributed by atoms with van der Waals surface area (Å²) in [6.07, 6.45) is 3.04. The predicted molar refractivity (Wildman–Crippen MR) is 82.7 cm³/mol. The van der Waals surface area contributed by atoms with E-state index in [-0.39, 0.29) is 11.6 Å². The molecule has 0 bridgehead atoms. The number of aryl methyl sites for hydroxylation is 1. The highest BCUT2D eigenvalue weighted by molar-refractivity contribution is 9.10. The van der Waals surface area contributed by atoms with Crippen LogP contribution in [0.25, 0.3) is 0 Å². The van der Waals surface area contributed by atoms with Crippen LogP contribution in [0.1, 0.15) is 36.4 Å². The Balaban J connectivity index is 1.77. The Morgan fingerprint density at radius 3 is 2.95 bits per heavy atom. The molecule has 3 unspecified atom stereocenters. The first-order chi connectivity index (χ1) is 9.60. The lowest BCUT2D eigenvalue weighted by atomic mass is 9.79. The maximum Gasteiger partial charge on any atom is 0.0940 e. The van der Waals surface area contributed by atoms with Gasteiger partial charge in [0.15, 0.2) is 0 Å². The molecule has 0 aliphatic carbocycles. The average Bonchev–Trinajstić information content (AvgIpc) is 2.86. The maximum absolute atomic E-state index is 6.55. The highest BCUT2D eigenvalue weighted by atomic mass is 79.9. The van der Waals surface area contributed by atoms with Crippen molar-refractivity contribution >= 4 is 15.9 Å². The first-order valence-electron chi connectivity index (χ1n) is 7.33. The third kappa shape index (κ3) is 2.80. The van der Waals surface area contributed by atoms with E-state index in [0.717, 1.165) is 43.6 Å². The van der Waals surface area contributed by atoms with Gasteiger partial charge in [0.25, 0.3) is 0 Å². The molecule has 3 atom stereocenters. The molecule has 110 valence electrons. The van der Waals surface area contributed by atoms with Crippen molar-refractivity contribution in [3.63, 3.8) is 0 Å². The van der Waals surface area contributed by atoms with E-state index < -0.39 is 0 Å². The van der Waals surface area contributed by atoms with Crippen LogP contribution in [0, 0.1) is 12.8 Å². The van der Waals surface area contributed by atoms with E-state index in [9.17, 15) is 0 Å². The Morgan fingerprint density at radius 1 is 1.40 bits per heavy atom. The van der Waals surface area contributed by atoms with Crippen LogP contribution in [0.3, 0.4) is 0 Å². The Labute approximate surface area is 129 Å². The highest BCUT2D eigenvalue weighted by Crippen LogP contribution is 2.41. The van der Waals surface area contributed by atoms with E-state index in [4.69, 9.17) is 15.2 Å². The zero-order valence-corrected chi connectivity index (χ0v) is 13.5. The number of nitrogens with two attached hydrogens (primary N) is 1. The Bertz CT molecular complexity index is 485. The normalized spacial score (nSPS) is 31.6. The van der Waals surface area contributed by atoms with Gasteiger partial charge in [-0.15, -0.1) is 0 Å². The molecule has 2 aliphatic rings. The standard InChI is InChI=1S/C16H22BrNO2/c1-11-2-3-13(14(17)8-11)15(18)12-4-6-20-16(9-12)5-7-19-10-16/h2-3,8,12,15H,4-7,9-10,18H2,1H3. The molecule has 3 nitrogen and oxygen atoms in total. The van der Waals surface area contributed by atoms with Gasteiger partial charge < -0.3 is 15.2 Å². The summed E-state index contributed by atoms with van der Waals surface area (Å²) >= 11 is 3.65. The van der Waals surface area contributed by atoms with Gasteiger partial charge in [-0.3, -0.25) is 0 Å². The van der Waals surface area contributed by atoms with Gasteiger partial charge >= 0.3 is 0 Å². The summed E-state index contributed by atoms with van der Waals surface area (Å²) in [7, 11) is 0. The van der Waals surface area contributed by atoms with Crippen LogP contribution in [0.5, 0.6) is 0 Å². The lowest BCUT2D eigenvalue weighted by Gasteiger charge is -2.39. The molecule has 2 aliphatic heterocycles. The Morgan fingerprint density at radius 2 is 2.25 bits per heavy atom. The SMILES string of the molecule is Cc1ccc(C(N)C2CCOC3(CCOC3)C2)c(Br)c1. The molecule has 1 aromatic carbocycles. The summed E-state index contributed by atoms with van der Waals surface area (Å²) < 4.78 is 12.7. The second-order valence-electron chi connectivity index (χ2n) is 6.14. The molecule has 3 rings (SSSR count). The van der Waals surface area contributed by atoms with E-state index in [1.54, 1.807) is 0 Å². The molecule has 0 saturated carbocycles. The fraction of sp³-hybridized carbons (Fsp3) is 0.625. The monoisotopic (exact) mass is 339 g/mol. The predicted octanol–water partition coefficient (Wildman–Crippen LogP) is 3.34. The molecular weight excluding hydrogens is 318 g/mol. The molecule has 4 heteroatoms. The topological polar surface area (TPSA) is 44.5 Å². The van der Waals surface area contributed by atoms with Gasteiger partial charge in [0.05, 0.1) is 12.2 Å². The van der Waals surface area contributed by atoms with E-state index in [0.29, 0.717) is 5.92 Å². The molecule has 2 saturated heterocycles. The molecule has 0 amide bonds. The van der Waals surface area contributed by atoms with Crippen molar-refractivity contribution in [3.8, 4) is 0 Å². The van der Waals surface area contributed by atoms with Crippen LogP contribution < -0.4 is 5.73 Å². The third-order valence-electron chi connectivity index (χ3n) is 4.62. The lowest BCUT2D eigenvalue weighted by molar-refractivity contribution is -0.101.